The van der Waals surface area contributed by atoms with Gasteiger partial charge in [0.25, 0.3) is 0 Å². The van der Waals surface area contributed by atoms with Crippen LogP contribution in [0.25, 0.3) is 0 Å². The molecular formula is C26H29FN6O5S. The van der Waals surface area contributed by atoms with Gasteiger partial charge in [0.1, 0.15) is 23.6 Å². The zero-order chi connectivity index (χ0) is 27.1. The van der Waals surface area contributed by atoms with E-state index in [4.69, 9.17) is 4.74 Å². The molecule has 0 saturated carbocycles. The molecule has 0 unspecified atom stereocenters. The number of pyridine rings is 1. The number of aromatic nitrogens is 1. The van der Waals surface area contributed by atoms with Crippen molar-refractivity contribution in [3.8, 4) is 0 Å². The minimum Gasteiger partial charge on any atom is -0.444 e. The van der Waals surface area contributed by atoms with Crippen LogP contribution in [0, 0.1) is 5.82 Å². The van der Waals surface area contributed by atoms with E-state index in [9.17, 15) is 23.9 Å². The number of carbonyl (C=O) groups excluding carboxylic acids is 3. The summed E-state index contributed by atoms with van der Waals surface area (Å²) in [5.41, 5.74) is 1.93. The van der Waals surface area contributed by atoms with E-state index in [0.717, 1.165) is 10.6 Å². The number of fused-ring (bicyclic) bond motifs is 1. The lowest BCUT2D eigenvalue weighted by atomic mass is 10.0. The lowest BCUT2D eigenvalue weighted by Crippen LogP contribution is -2.45. The molecule has 11 nitrogen and oxygen atoms in total. The zero-order valence-electron chi connectivity index (χ0n) is 21.2. The Hall–Kier alpha value is -3.42. The molecule has 1 fully saturated rings. The van der Waals surface area contributed by atoms with Gasteiger partial charge in [0.05, 0.1) is 41.2 Å². The molecule has 6 rings (SSSR count). The van der Waals surface area contributed by atoms with Crippen LogP contribution >= 0.6 is 11.8 Å². The summed E-state index contributed by atoms with van der Waals surface area (Å²) in [4.78, 5) is 47.4. The van der Waals surface area contributed by atoms with Gasteiger partial charge in [0.2, 0.25) is 11.8 Å². The number of rotatable bonds is 9. The first kappa shape index (κ1) is 25.8. The number of aliphatic hydroxyl groups excluding tert-OH is 1. The van der Waals surface area contributed by atoms with Crippen molar-refractivity contribution in [1.29, 1.82) is 0 Å². The summed E-state index contributed by atoms with van der Waals surface area (Å²) in [7, 11) is 0. The van der Waals surface area contributed by atoms with E-state index < -0.39 is 6.09 Å². The van der Waals surface area contributed by atoms with Crippen molar-refractivity contribution >= 4 is 52.7 Å². The number of hydrogen-bond donors (Lipinski definition) is 3. The van der Waals surface area contributed by atoms with Crippen LogP contribution in [-0.2, 0) is 14.3 Å². The van der Waals surface area contributed by atoms with Crippen molar-refractivity contribution in [2.75, 3.05) is 65.1 Å². The van der Waals surface area contributed by atoms with Crippen LogP contribution in [0.2, 0.25) is 0 Å². The molecule has 0 aliphatic carbocycles. The molecule has 4 aliphatic heterocycles. The van der Waals surface area contributed by atoms with E-state index in [1.165, 1.54) is 22.7 Å². The molecule has 3 N–H and O–H groups in total. The maximum atomic E-state index is 15.0. The average molecular weight is 557 g/mol. The van der Waals surface area contributed by atoms with Crippen molar-refractivity contribution in [1.82, 2.24) is 10.3 Å². The number of nitrogens with one attached hydrogen (secondary N) is 2. The van der Waals surface area contributed by atoms with Gasteiger partial charge in [-0.15, -0.1) is 11.8 Å². The van der Waals surface area contributed by atoms with E-state index in [2.05, 4.69) is 15.6 Å². The third-order valence-electron chi connectivity index (χ3n) is 7.38. The number of amides is 3. The van der Waals surface area contributed by atoms with Gasteiger partial charge < -0.3 is 30.3 Å². The first-order chi connectivity index (χ1) is 18.9. The summed E-state index contributed by atoms with van der Waals surface area (Å²) < 4.78 is 20.5. The summed E-state index contributed by atoms with van der Waals surface area (Å²) in [5.74, 6) is 0.670. The van der Waals surface area contributed by atoms with Crippen molar-refractivity contribution in [3.05, 3.63) is 35.6 Å². The summed E-state index contributed by atoms with van der Waals surface area (Å²) >= 11 is 1.41. The lowest BCUT2D eigenvalue weighted by molar-refractivity contribution is -0.117. The molecule has 1 aromatic carbocycles. The van der Waals surface area contributed by atoms with Crippen LogP contribution in [0.1, 0.15) is 30.9 Å². The van der Waals surface area contributed by atoms with Gasteiger partial charge in [-0.3, -0.25) is 14.5 Å². The zero-order valence-corrected chi connectivity index (χ0v) is 22.0. The topological polar surface area (TPSA) is 127 Å². The van der Waals surface area contributed by atoms with Crippen LogP contribution in [0.3, 0.4) is 0 Å². The number of nitrogens with zero attached hydrogens (tertiary/aromatic N) is 4. The Balaban J connectivity index is 1.06. The van der Waals surface area contributed by atoms with Gasteiger partial charge in [-0.2, -0.15) is 0 Å². The highest BCUT2D eigenvalue weighted by atomic mass is 32.2. The predicted octanol–water partition coefficient (Wildman–Crippen LogP) is 2.25. The second-order valence-electron chi connectivity index (χ2n) is 9.95. The van der Waals surface area contributed by atoms with Crippen LogP contribution in [0.5, 0.6) is 0 Å². The summed E-state index contributed by atoms with van der Waals surface area (Å²) in [6, 6.07) is 6.40. The van der Waals surface area contributed by atoms with Gasteiger partial charge in [-0.25, -0.2) is 14.2 Å². The summed E-state index contributed by atoms with van der Waals surface area (Å²) in [5, 5.41) is 15.3. The van der Waals surface area contributed by atoms with E-state index in [1.807, 2.05) is 11.0 Å². The lowest BCUT2D eigenvalue weighted by Gasteiger charge is -2.35. The third kappa shape index (κ3) is 4.90. The van der Waals surface area contributed by atoms with E-state index in [1.54, 1.807) is 17.0 Å². The normalized spacial score (nSPS) is 21.7. The number of thioether (sulfide) groups is 1. The Kier molecular flexibility index (Phi) is 7.04. The Morgan fingerprint density at radius 3 is 2.87 bits per heavy atom. The molecule has 0 spiro atoms. The van der Waals surface area contributed by atoms with Gasteiger partial charge in [0, 0.05) is 25.3 Å². The van der Waals surface area contributed by atoms with E-state index in [-0.39, 0.29) is 42.9 Å². The van der Waals surface area contributed by atoms with Crippen molar-refractivity contribution in [2.24, 2.45) is 0 Å². The molecule has 4 aliphatic rings. The number of benzene rings is 1. The molecular weight excluding hydrogens is 527 g/mol. The average Bonchev–Trinajstić information content (AvgIpc) is 3.50. The van der Waals surface area contributed by atoms with Crippen LogP contribution in [-0.4, -0.2) is 79.2 Å². The number of aliphatic hydroxyl groups is 1. The van der Waals surface area contributed by atoms with Gasteiger partial charge in [0.15, 0.2) is 0 Å². The second-order valence-corrected chi connectivity index (χ2v) is 11.0. The standard InChI is InChI=1S/C26H29FN6O5S/c27-16-4-5-18-24-23(16)17(12-33(24)22(36)13-31(18)9-2-10-34)28-8-1-3-15-11-32(26(37)38-15)20-7-6-19-25(29-20)30-21(35)14-39-19/h4-7,15,17,28,34H,1-3,8-14H2,(H,29,30,35)/t15-,17+/m1/s1. The number of hydrogen-bond acceptors (Lipinski definition) is 9. The molecule has 39 heavy (non-hydrogen) atoms. The first-order valence-corrected chi connectivity index (χ1v) is 14.1. The SMILES string of the molecule is O=C1CSc2ccc(N3C[C@@H](CCCN[C@H]4CN5C(=O)CN(CCCO)c6ccc(F)c4c65)OC3=O)nc2N1. The minimum atomic E-state index is -0.479. The Morgan fingerprint density at radius 1 is 1.15 bits per heavy atom. The fourth-order valence-corrected chi connectivity index (χ4v) is 6.32. The number of ether oxygens (including phenoxy) is 1. The van der Waals surface area contributed by atoms with E-state index in [0.29, 0.717) is 74.1 Å². The molecule has 3 amide bonds. The molecule has 1 aromatic heterocycles. The maximum Gasteiger partial charge on any atom is 0.415 e. The van der Waals surface area contributed by atoms with Gasteiger partial charge in [-0.1, -0.05) is 0 Å². The van der Waals surface area contributed by atoms with Crippen molar-refractivity contribution < 1.29 is 28.6 Å². The van der Waals surface area contributed by atoms with Crippen LogP contribution in [0.15, 0.2) is 29.2 Å². The van der Waals surface area contributed by atoms with Gasteiger partial charge in [-0.05, 0) is 50.1 Å². The molecule has 1 saturated heterocycles. The smallest absolute Gasteiger partial charge is 0.415 e. The van der Waals surface area contributed by atoms with E-state index >= 15 is 0 Å². The fraction of sp³-hybridized carbons (Fsp3) is 0.462. The van der Waals surface area contributed by atoms with Crippen molar-refractivity contribution in [2.45, 2.75) is 36.3 Å². The monoisotopic (exact) mass is 556 g/mol. The van der Waals surface area contributed by atoms with Gasteiger partial charge >= 0.3 is 6.09 Å². The predicted molar refractivity (Wildman–Crippen MR) is 144 cm³/mol. The van der Waals surface area contributed by atoms with Crippen molar-refractivity contribution in [3.63, 3.8) is 0 Å². The molecule has 2 aromatic rings. The molecule has 0 radical (unpaired) electrons. The molecule has 5 heterocycles. The number of anilines is 4. The molecule has 13 heteroatoms. The van der Waals surface area contributed by atoms with Crippen LogP contribution in [0.4, 0.5) is 32.2 Å². The maximum absolute atomic E-state index is 15.0. The molecule has 2 atom stereocenters. The Bertz CT molecular complexity index is 1330. The Labute approximate surface area is 228 Å². The largest absolute Gasteiger partial charge is 0.444 e. The highest BCUT2D eigenvalue weighted by molar-refractivity contribution is 8.00. The summed E-state index contributed by atoms with van der Waals surface area (Å²) in [6.07, 6.45) is 1.02. The summed E-state index contributed by atoms with van der Waals surface area (Å²) in [6.45, 7) is 2.02. The fourth-order valence-electron chi connectivity index (χ4n) is 5.56. The minimum absolute atomic E-state index is 0.0250. The number of cyclic esters (lactones) is 1. The third-order valence-corrected chi connectivity index (χ3v) is 8.43. The highest BCUT2D eigenvalue weighted by Gasteiger charge is 2.41. The Morgan fingerprint density at radius 2 is 2.03 bits per heavy atom. The number of carbonyl (C=O) groups is 3. The first-order valence-electron chi connectivity index (χ1n) is 13.1. The quantitative estimate of drug-likeness (QED) is 0.399. The number of halogens is 1. The second kappa shape index (κ2) is 10.6. The van der Waals surface area contributed by atoms with Crippen LogP contribution < -0.4 is 25.3 Å². The highest BCUT2D eigenvalue weighted by Crippen LogP contribution is 2.46. The molecule has 206 valence electrons. The molecule has 0 bridgehead atoms.